The molecule has 1 aromatic heterocycles. The molecule has 0 radical (unpaired) electrons. The standard InChI is InChI=1S/C24H26N4O4/c1-2-32-21-9-3-18(4-10-21)22-15-23(30)28(17-25-22)16-24(31)27-13-11-26(12-14-27)19-5-7-20(29)8-6-19/h3-10,15,17,29H,2,11-14,16H2,1H3. The number of rotatable bonds is 6. The van der Waals surface area contributed by atoms with Crippen LogP contribution in [0.15, 0.2) is 65.7 Å². The normalized spacial score (nSPS) is 13.8. The number of nitrogens with zero attached hydrogens (tertiary/aromatic N) is 4. The van der Waals surface area contributed by atoms with E-state index in [1.165, 1.54) is 17.0 Å². The van der Waals surface area contributed by atoms with Crippen LogP contribution in [-0.2, 0) is 11.3 Å². The fraction of sp³-hybridized carbons (Fsp3) is 0.292. The Balaban J connectivity index is 1.36. The number of carbonyl (C=O) groups is 1. The number of phenols is 1. The summed E-state index contributed by atoms with van der Waals surface area (Å²) in [5, 5.41) is 9.44. The van der Waals surface area contributed by atoms with Gasteiger partial charge >= 0.3 is 0 Å². The number of aromatic hydroxyl groups is 1. The monoisotopic (exact) mass is 434 g/mol. The van der Waals surface area contributed by atoms with E-state index in [0.717, 1.165) is 17.0 Å². The lowest BCUT2D eigenvalue weighted by Gasteiger charge is -2.36. The number of hydrogen-bond donors (Lipinski definition) is 1. The fourth-order valence-corrected chi connectivity index (χ4v) is 3.71. The van der Waals surface area contributed by atoms with Crippen LogP contribution in [0.1, 0.15) is 6.92 Å². The quantitative estimate of drug-likeness (QED) is 0.641. The Morgan fingerprint density at radius 1 is 1.03 bits per heavy atom. The van der Waals surface area contributed by atoms with Crippen molar-refractivity contribution in [1.82, 2.24) is 14.5 Å². The predicted molar refractivity (Wildman–Crippen MR) is 122 cm³/mol. The van der Waals surface area contributed by atoms with Gasteiger partial charge in [-0.15, -0.1) is 0 Å². The number of hydrogen-bond acceptors (Lipinski definition) is 6. The molecule has 0 aliphatic carbocycles. The maximum atomic E-state index is 12.7. The Kier molecular flexibility index (Phi) is 6.39. The molecule has 0 unspecified atom stereocenters. The van der Waals surface area contributed by atoms with Crippen LogP contribution in [0.3, 0.4) is 0 Å². The van der Waals surface area contributed by atoms with E-state index in [-0.39, 0.29) is 23.8 Å². The van der Waals surface area contributed by atoms with Crippen LogP contribution in [0.2, 0.25) is 0 Å². The lowest BCUT2D eigenvalue weighted by Crippen LogP contribution is -2.50. The average Bonchev–Trinajstić information content (AvgIpc) is 2.82. The van der Waals surface area contributed by atoms with Crippen molar-refractivity contribution in [3.63, 3.8) is 0 Å². The predicted octanol–water partition coefficient (Wildman–Crippen LogP) is 2.36. The Morgan fingerprint density at radius 3 is 2.34 bits per heavy atom. The van der Waals surface area contributed by atoms with Gasteiger partial charge in [0.05, 0.1) is 18.6 Å². The molecule has 1 saturated heterocycles. The van der Waals surface area contributed by atoms with Crippen molar-refractivity contribution in [1.29, 1.82) is 0 Å². The molecular weight excluding hydrogens is 408 g/mol. The van der Waals surface area contributed by atoms with Crippen molar-refractivity contribution in [2.75, 3.05) is 37.7 Å². The molecule has 2 heterocycles. The van der Waals surface area contributed by atoms with Crippen molar-refractivity contribution >= 4 is 11.6 Å². The Labute approximate surface area is 186 Å². The summed E-state index contributed by atoms with van der Waals surface area (Å²) in [5.41, 5.74) is 2.12. The molecule has 1 N–H and O–H groups in total. The maximum Gasteiger partial charge on any atom is 0.254 e. The molecule has 32 heavy (non-hydrogen) atoms. The summed E-state index contributed by atoms with van der Waals surface area (Å²) in [7, 11) is 0. The fourth-order valence-electron chi connectivity index (χ4n) is 3.71. The lowest BCUT2D eigenvalue weighted by molar-refractivity contribution is -0.132. The smallest absolute Gasteiger partial charge is 0.254 e. The Hall–Kier alpha value is -3.81. The number of aromatic nitrogens is 2. The minimum absolute atomic E-state index is 0.0331. The minimum Gasteiger partial charge on any atom is -0.508 e. The van der Waals surface area contributed by atoms with Crippen LogP contribution in [0, 0.1) is 0 Å². The molecule has 1 fully saturated rings. The van der Waals surface area contributed by atoms with E-state index in [1.54, 1.807) is 17.0 Å². The molecule has 4 rings (SSSR count). The average molecular weight is 434 g/mol. The van der Waals surface area contributed by atoms with E-state index in [2.05, 4.69) is 9.88 Å². The third-order valence-electron chi connectivity index (χ3n) is 5.49. The van der Waals surface area contributed by atoms with Crippen LogP contribution in [0.25, 0.3) is 11.3 Å². The van der Waals surface area contributed by atoms with Gasteiger partial charge in [0.2, 0.25) is 5.91 Å². The van der Waals surface area contributed by atoms with Gasteiger partial charge in [0, 0.05) is 43.5 Å². The number of anilines is 1. The Bertz CT molecular complexity index is 1120. The summed E-state index contributed by atoms with van der Waals surface area (Å²) in [6.45, 7) is 5.02. The van der Waals surface area contributed by atoms with Crippen molar-refractivity contribution in [3.05, 3.63) is 71.3 Å². The highest BCUT2D eigenvalue weighted by atomic mass is 16.5. The van der Waals surface area contributed by atoms with Gasteiger partial charge in [-0.25, -0.2) is 4.98 Å². The van der Waals surface area contributed by atoms with Crippen LogP contribution in [0.5, 0.6) is 11.5 Å². The second kappa shape index (κ2) is 9.55. The number of ether oxygens (including phenoxy) is 1. The van der Waals surface area contributed by atoms with Gasteiger partial charge in [-0.2, -0.15) is 0 Å². The summed E-state index contributed by atoms with van der Waals surface area (Å²) in [5.74, 6) is 0.893. The zero-order valence-corrected chi connectivity index (χ0v) is 18.0. The second-order valence-corrected chi connectivity index (χ2v) is 7.58. The SMILES string of the molecule is CCOc1ccc(-c2cc(=O)n(CC(=O)N3CCN(c4ccc(O)cc4)CC3)cn2)cc1. The first kappa shape index (κ1) is 21.4. The van der Waals surface area contributed by atoms with Crippen LogP contribution in [-0.4, -0.2) is 58.3 Å². The third kappa shape index (κ3) is 4.91. The molecule has 1 aliphatic rings. The first-order valence-electron chi connectivity index (χ1n) is 10.6. The van der Waals surface area contributed by atoms with Crippen molar-refractivity contribution < 1.29 is 14.6 Å². The van der Waals surface area contributed by atoms with Gasteiger partial charge in [0.15, 0.2) is 0 Å². The van der Waals surface area contributed by atoms with Crippen LogP contribution in [0.4, 0.5) is 5.69 Å². The van der Waals surface area contributed by atoms with E-state index in [9.17, 15) is 14.7 Å². The van der Waals surface area contributed by atoms with Gasteiger partial charge < -0.3 is 19.6 Å². The molecule has 8 heteroatoms. The molecule has 1 aliphatic heterocycles. The van der Waals surface area contributed by atoms with E-state index >= 15 is 0 Å². The van der Waals surface area contributed by atoms with Gasteiger partial charge in [-0.05, 0) is 55.5 Å². The van der Waals surface area contributed by atoms with E-state index in [0.29, 0.717) is 38.5 Å². The van der Waals surface area contributed by atoms with Crippen molar-refractivity contribution in [2.24, 2.45) is 0 Å². The summed E-state index contributed by atoms with van der Waals surface area (Å²) >= 11 is 0. The molecule has 1 amide bonds. The maximum absolute atomic E-state index is 12.7. The second-order valence-electron chi connectivity index (χ2n) is 7.58. The van der Waals surface area contributed by atoms with Gasteiger partial charge in [0.25, 0.3) is 5.56 Å². The zero-order chi connectivity index (χ0) is 22.5. The number of benzene rings is 2. The molecule has 0 spiro atoms. The van der Waals surface area contributed by atoms with Crippen molar-refractivity contribution in [3.8, 4) is 22.8 Å². The van der Waals surface area contributed by atoms with E-state index < -0.39 is 0 Å². The molecule has 0 atom stereocenters. The highest BCUT2D eigenvalue weighted by Gasteiger charge is 2.22. The highest BCUT2D eigenvalue weighted by molar-refractivity contribution is 5.76. The van der Waals surface area contributed by atoms with Gasteiger partial charge in [-0.3, -0.25) is 14.2 Å². The number of carbonyl (C=O) groups excluding carboxylic acids is 1. The van der Waals surface area contributed by atoms with E-state index in [4.69, 9.17) is 4.74 Å². The van der Waals surface area contributed by atoms with Crippen LogP contribution >= 0.6 is 0 Å². The Morgan fingerprint density at radius 2 is 1.72 bits per heavy atom. The summed E-state index contributed by atoms with van der Waals surface area (Å²) in [6.07, 6.45) is 1.43. The first-order chi connectivity index (χ1) is 15.5. The molecule has 3 aromatic rings. The largest absolute Gasteiger partial charge is 0.508 e. The summed E-state index contributed by atoms with van der Waals surface area (Å²) in [6, 6.07) is 15.9. The molecule has 0 saturated carbocycles. The summed E-state index contributed by atoms with van der Waals surface area (Å²) in [4.78, 5) is 33.6. The minimum atomic E-state index is -0.264. The molecule has 2 aromatic carbocycles. The highest BCUT2D eigenvalue weighted by Crippen LogP contribution is 2.21. The van der Waals surface area contributed by atoms with Crippen molar-refractivity contribution in [2.45, 2.75) is 13.5 Å². The van der Waals surface area contributed by atoms with Gasteiger partial charge in [0.1, 0.15) is 18.0 Å². The van der Waals surface area contributed by atoms with Gasteiger partial charge in [-0.1, -0.05) is 0 Å². The number of amides is 1. The molecule has 8 nitrogen and oxygen atoms in total. The summed E-state index contributed by atoms with van der Waals surface area (Å²) < 4.78 is 6.78. The topological polar surface area (TPSA) is 87.9 Å². The van der Waals surface area contributed by atoms with Crippen LogP contribution < -0.4 is 15.2 Å². The number of piperazine rings is 1. The lowest BCUT2D eigenvalue weighted by atomic mass is 10.1. The first-order valence-corrected chi connectivity index (χ1v) is 10.6. The third-order valence-corrected chi connectivity index (χ3v) is 5.49. The molecular formula is C24H26N4O4. The zero-order valence-electron chi connectivity index (χ0n) is 18.0. The van der Waals surface area contributed by atoms with E-state index in [1.807, 2.05) is 43.3 Å². The molecule has 0 bridgehead atoms. The molecule has 166 valence electrons. The number of phenolic OH excluding ortho intramolecular Hbond substituents is 1.